The number of halogens is 1. The van der Waals surface area contributed by atoms with Gasteiger partial charge in [0.25, 0.3) is 0 Å². The van der Waals surface area contributed by atoms with Crippen molar-refractivity contribution in [2.24, 2.45) is 0 Å². The molecule has 1 fully saturated rings. The standard InChI is InChI=1S/C18H20FN/c19-17-11-9-16(10-12-17)18-8-4-5-13-20(18)14-15-6-2-1-3-7-15/h1-3,6-7,9-12,18H,4-5,8,13-14H2/t18-/m0/s1. The minimum Gasteiger partial charge on any atom is -0.292 e. The minimum atomic E-state index is -0.154. The lowest BCUT2D eigenvalue weighted by molar-refractivity contribution is 0.140. The highest BCUT2D eigenvalue weighted by Gasteiger charge is 2.23. The molecule has 0 saturated carbocycles. The van der Waals surface area contributed by atoms with E-state index in [1.165, 1.54) is 30.4 Å². The molecule has 0 bridgehead atoms. The predicted octanol–water partition coefficient (Wildman–Crippen LogP) is 4.55. The molecule has 1 heterocycles. The largest absolute Gasteiger partial charge is 0.292 e. The zero-order valence-corrected chi connectivity index (χ0v) is 11.6. The van der Waals surface area contributed by atoms with Crippen LogP contribution in [0.2, 0.25) is 0 Å². The Morgan fingerprint density at radius 1 is 0.950 bits per heavy atom. The first-order valence-electron chi connectivity index (χ1n) is 7.36. The lowest BCUT2D eigenvalue weighted by atomic mass is 9.94. The molecule has 1 nitrogen and oxygen atoms in total. The first-order chi connectivity index (χ1) is 9.83. The van der Waals surface area contributed by atoms with Crippen molar-refractivity contribution in [2.75, 3.05) is 6.54 Å². The van der Waals surface area contributed by atoms with Crippen LogP contribution < -0.4 is 0 Å². The van der Waals surface area contributed by atoms with Crippen LogP contribution in [0, 0.1) is 5.82 Å². The molecule has 2 aromatic rings. The van der Waals surface area contributed by atoms with Crippen molar-refractivity contribution < 1.29 is 4.39 Å². The normalized spacial score (nSPS) is 19.9. The summed E-state index contributed by atoms with van der Waals surface area (Å²) < 4.78 is 13.1. The maximum atomic E-state index is 13.1. The molecule has 2 heteroatoms. The summed E-state index contributed by atoms with van der Waals surface area (Å²) in [6.45, 7) is 2.10. The number of rotatable bonds is 3. The van der Waals surface area contributed by atoms with Gasteiger partial charge in [-0.15, -0.1) is 0 Å². The minimum absolute atomic E-state index is 0.154. The van der Waals surface area contributed by atoms with Gasteiger partial charge in [0.15, 0.2) is 0 Å². The quantitative estimate of drug-likeness (QED) is 0.790. The van der Waals surface area contributed by atoms with Crippen molar-refractivity contribution in [3.63, 3.8) is 0 Å². The summed E-state index contributed by atoms with van der Waals surface area (Å²) in [6, 6.07) is 18.0. The summed E-state index contributed by atoms with van der Waals surface area (Å²) in [5.74, 6) is -0.154. The van der Waals surface area contributed by atoms with Crippen molar-refractivity contribution >= 4 is 0 Å². The van der Waals surface area contributed by atoms with Crippen LogP contribution in [0.15, 0.2) is 54.6 Å². The zero-order chi connectivity index (χ0) is 13.8. The molecule has 104 valence electrons. The van der Waals surface area contributed by atoms with Crippen molar-refractivity contribution in [3.05, 3.63) is 71.5 Å². The molecule has 1 atom stereocenters. The molecule has 0 amide bonds. The third kappa shape index (κ3) is 3.07. The average molecular weight is 269 g/mol. The second-order valence-corrected chi connectivity index (χ2v) is 5.52. The number of benzene rings is 2. The molecule has 20 heavy (non-hydrogen) atoms. The van der Waals surface area contributed by atoms with Crippen LogP contribution in [-0.4, -0.2) is 11.4 Å². The van der Waals surface area contributed by atoms with E-state index in [1.807, 2.05) is 12.1 Å². The molecule has 1 saturated heterocycles. The van der Waals surface area contributed by atoms with Gasteiger partial charge in [0.05, 0.1) is 0 Å². The van der Waals surface area contributed by atoms with Crippen LogP contribution in [0.25, 0.3) is 0 Å². The van der Waals surface area contributed by atoms with Gasteiger partial charge in [0.2, 0.25) is 0 Å². The maximum Gasteiger partial charge on any atom is 0.123 e. The first kappa shape index (κ1) is 13.3. The van der Waals surface area contributed by atoms with E-state index in [1.54, 1.807) is 12.1 Å². The summed E-state index contributed by atoms with van der Waals surface area (Å²) in [4.78, 5) is 2.52. The molecule has 0 unspecified atom stereocenters. The summed E-state index contributed by atoms with van der Waals surface area (Å²) in [5, 5.41) is 0. The summed E-state index contributed by atoms with van der Waals surface area (Å²) in [7, 11) is 0. The molecular formula is C18H20FN. The lowest BCUT2D eigenvalue weighted by Crippen LogP contribution is -2.32. The summed E-state index contributed by atoms with van der Waals surface area (Å²) in [5.41, 5.74) is 2.59. The topological polar surface area (TPSA) is 3.24 Å². The Morgan fingerprint density at radius 2 is 1.70 bits per heavy atom. The van der Waals surface area contributed by atoms with Gasteiger partial charge in [-0.25, -0.2) is 4.39 Å². The van der Waals surface area contributed by atoms with Gasteiger partial charge in [-0.05, 0) is 42.6 Å². The third-order valence-corrected chi connectivity index (χ3v) is 4.10. The lowest BCUT2D eigenvalue weighted by Gasteiger charge is -2.36. The Hall–Kier alpha value is -1.67. The van der Waals surface area contributed by atoms with E-state index in [9.17, 15) is 4.39 Å². The van der Waals surface area contributed by atoms with Crippen LogP contribution in [0.3, 0.4) is 0 Å². The fourth-order valence-corrected chi connectivity index (χ4v) is 3.06. The van der Waals surface area contributed by atoms with Gasteiger partial charge in [0, 0.05) is 12.6 Å². The Balaban J connectivity index is 1.78. The average Bonchev–Trinajstić information content (AvgIpc) is 2.50. The highest BCUT2D eigenvalue weighted by molar-refractivity contribution is 5.21. The van der Waals surface area contributed by atoms with Crippen molar-refractivity contribution in [1.82, 2.24) is 4.90 Å². The Morgan fingerprint density at radius 3 is 2.45 bits per heavy atom. The monoisotopic (exact) mass is 269 g/mol. The van der Waals surface area contributed by atoms with Gasteiger partial charge < -0.3 is 0 Å². The molecular weight excluding hydrogens is 249 g/mol. The molecule has 1 aliphatic rings. The maximum absolute atomic E-state index is 13.1. The Kier molecular flexibility index (Phi) is 4.12. The van der Waals surface area contributed by atoms with E-state index in [4.69, 9.17) is 0 Å². The molecule has 0 aromatic heterocycles. The molecule has 2 aromatic carbocycles. The highest BCUT2D eigenvalue weighted by Crippen LogP contribution is 2.32. The molecule has 0 radical (unpaired) electrons. The smallest absolute Gasteiger partial charge is 0.123 e. The molecule has 0 aliphatic carbocycles. The van der Waals surface area contributed by atoms with Gasteiger partial charge in [-0.1, -0.05) is 48.9 Å². The third-order valence-electron chi connectivity index (χ3n) is 4.10. The van der Waals surface area contributed by atoms with Crippen LogP contribution in [0.5, 0.6) is 0 Å². The summed E-state index contributed by atoms with van der Waals surface area (Å²) in [6.07, 6.45) is 3.68. The van der Waals surface area contributed by atoms with E-state index >= 15 is 0 Å². The predicted molar refractivity (Wildman–Crippen MR) is 79.8 cm³/mol. The van der Waals surface area contributed by atoms with Gasteiger partial charge in [-0.2, -0.15) is 0 Å². The van der Waals surface area contributed by atoms with E-state index < -0.39 is 0 Å². The molecule has 1 aliphatic heterocycles. The molecule has 3 rings (SSSR count). The van der Waals surface area contributed by atoms with Crippen LogP contribution in [0.1, 0.15) is 36.4 Å². The Labute approximate surface area is 120 Å². The Bertz CT molecular complexity index is 535. The van der Waals surface area contributed by atoms with E-state index in [0.717, 1.165) is 13.1 Å². The van der Waals surface area contributed by atoms with Crippen LogP contribution >= 0.6 is 0 Å². The van der Waals surface area contributed by atoms with Crippen LogP contribution in [-0.2, 0) is 6.54 Å². The fraction of sp³-hybridized carbons (Fsp3) is 0.333. The first-order valence-corrected chi connectivity index (χ1v) is 7.36. The number of hydrogen-bond donors (Lipinski definition) is 0. The number of hydrogen-bond acceptors (Lipinski definition) is 1. The zero-order valence-electron chi connectivity index (χ0n) is 11.6. The van der Waals surface area contributed by atoms with Gasteiger partial charge in [-0.3, -0.25) is 4.90 Å². The molecule has 0 N–H and O–H groups in total. The van der Waals surface area contributed by atoms with Crippen molar-refractivity contribution in [2.45, 2.75) is 31.8 Å². The van der Waals surface area contributed by atoms with Crippen LogP contribution in [0.4, 0.5) is 4.39 Å². The summed E-state index contributed by atoms with van der Waals surface area (Å²) >= 11 is 0. The number of nitrogens with zero attached hydrogens (tertiary/aromatic N) is 1. The van der Waals surface area contributed by atoms with E-state index in [-0.39, 0.29) is 5.82 Å². The SMILES string of the molecule is Fc1ccc([C@@H]2CCCCN2Cc2ccccc2)cc1. The second-order valence-electron chi connectivity index (χ2n) is 5.52. The molecule has 0 spiro atoms. The van der Waals surface area contributed by atoms with Gasteiger partial charge in [0.1, 0.15) is 5.82 Å². The van der Waals surface area contributed by atoms with Crippen molar-refractivity contribution in [3.8, 4) is 0 Å². The van der Waals surface area contributed by atoms with E-state index in [0.29, 0.717) is 6.04 Å². The fourth-order valence-electron chi connectivity index (χ4n) is 3.06. The highest BCUT2D eigenvalue weighted by atomic mass is 19.1. The number of piperidine rings is 1. The van der Waals surface area contributed by atoms with E-state index in [2.05, 4.69) is 35.2 Å². The van der Waals surface area contributed by atoms with Crippen molar-refractivity contribution in [1.29, 1.82) is 0 Å². The second kappa shape index (κ2) is 6.19. The number of likely N-dealkylation sites (tertiary alicyclic amines) is 1. The van der Waals surface area contributed by atoms with Gasteiger partial charge >= 0.3 is 0 Å².